The largest absolute Gasteiger partial charge is 0.397 e. The van der Waals surface area contributed by atoms with Gasteiger partial charge in [0, 0.05) is 24.5 Å². The molecule has 1 rings (SSSR count). The summed E-state index contributed by atoms with van der Waals surface area (Å²) in [5.74, 6) is -0.262. The van der Waals surface area contributed by atoms with E-state index < -0.39 is 0 Å². The van der Waals surface area contributed by atoms with Crippen LogP contribution in [-0.2, 0) is 4.79 Å². The number of nitrogens with two attached hydrogens (primary N) is 1. The lowest BCUT2D eigenvalue weighted by Crippen LogP contribution is -2.28. The Hall–Kier alpha value is -1.48. The van der Waals surface area contributed by atoms with E-state index in [1.807, 2.05) is 18.9 Å². The summed E-state index contributed by atoms with van der Waals surface area (Å²) in [7, 11) is 1.87. The normalized spacial score (nSPS) is 12.0. The number of nitriles is 1. The number of amides is 1. The van der Waals surface area contributed by atoms with Crippen molar-refractivity contribution in [2.75, 3.05) is 31.2 Å². The zero-order valence-corrected chi connectivity index (χ0v) is 13.5. The van der Waals surface area contributed by atoms with Gasteiger partial charge in [0.2, 0.25) is 5.91 Å². The summed E-state index contributed by atoms with van der Waals surface area (Å²) < 4.78 is 0. The monoisotopic (exact) mass is 328 g/mol. The van der Waals surface area contributed by atoms with Crippen LogP contribution in [0.5, 0.6) is 0 Å². The summed E-state index contributed by atoms with van der Waals surface area (Å²) >= 11 is 11.8. The van der Waals surface area contributed by atoms with Crippen LogP contribution in [0.25, 0.3) is 0 Å². The molecule has 0 saturated heterocycles. The Bertz CT molecular complexity index is 533. The van der Waals surface area contributed by atoms with Gasteiger partial charge in [-0.15, -0.1) is 0 Å². The van der Waals surface area contributed by atoms with Crippen LogP contribution in [0.3, 0.4) is 0 Å². The maximum absolute atomic E-state index is 11.9. The smallest absolute Gasteiger partial charge is 0.225 e. The van der Waals surface area contributed by atoms with Crippen LogP contribution >= 0.6 is 23.2 Å². The van der Waals surface area contributed by atoms with Crippen LogP contribution in [0.4, 0.5) is 11.4 Å². The van der Waals surface area contributed by atoms with Crippen LogP contribution in [-0.4, -0.2) is 30.9 Å². The highest BCUT2D eigenvalue weighted by Gasteiger charge is 2.12. The third-order valence-electron chi connectivity index (χ3n) is 2.88. The zero-order chi connectivity index (χ0) is 16.0. The van der Waals surface area contributed by atoms with E-state index in [9.17, 15) is 4.79 Å². The van der Waals surface area contributed by atoms with Crippen LogP contribution < -0.4 is 11.1 Å². The molecule has 0 aliphatic carbocycles. The van der Waals surface area contributed by atoms with Gasteiger partial charge in [0.15, 0.2) is 0 Å². The first-order valence-electron chi connectivity index (χ1n) is 6.46. The molecule has 7 heteroatoms. The summed E-state index contributed by atoms with van der Waals surface area (Å²) in [5, 5.41) is 12.1. The molecule has 1 aromatic carbocycles. The molecule has 0 fully saturated rings. The highest BCUT2D eigenvalue weighted by atomic mass is 35.5. The first-order chi connectivity index (χ1) is 9.83. The first kappa shape index (κ1) is 17.6. The summed E-state index contributed by atoms with van der Waals surface area (Å²) in [6, 6.07) is 5.21. The van der Waals surface area contributed by atoms with Crippen LogP contribution in [0, 0.1) is 17.2 Å². The number of hydrogen-bond donors (Lipinski definition) is 2. The van der Waals surface area contributed by atoms with E-state index in [0.717, 1.165) is 0 Å². The molecular weight excluding hydrogens is 311 g/mol. The van der Waals surface area contributed by atoms with Crippen LogP contribution in [0.1, 0.15) is 13.3 Å². The van der Waals surface area contributed by atoms with Gasteiger partial charge < -0.3 is 16.0 Å². The number of carbonyl (C=O) groups excluding carboxylic acids is 1. The van der Waals surface area contributed by atoms with Gasteiger partial charge in [-0.25, -0.2) is 0 Å². The Morgan fingerprint density at radius 1 is 1.52 bits per heavy atom. The van der Waals surface area contributed by atoms with Gasteiger partial charge in [0.25, 0.3) is 0 Å². The quantitative estimate of drug-likeness (QED) is 0.786. The lowest BCUT2D eigenvalue weighted by atomic mass is 10.2. The van der Waals surface area contributed by atoms with Gasteiger partial charge in [-0.1, -0.05) is 23.2 Å². The minimum Gasteiger partial charge on any atom is -0.397 e. The predicted molar refractivity (Wildman–Crippen MR) is 86.4 cm³/mol. The second-order valence-corrected chi connectivity index (χ2v) is 5.79. The third kappa shape index (κ3) is 5.80. The minimum absolute atomic E-state index is 0.0700. The highest BCUT2D eigenvalue weighted by Crippen LogP contribution is 2.32. The van der Waals surface area contributed by atoms with Gasteiger partial charge in [0.05, 0.1) is 28.4 Å². The Balaban J connectivity index is 2.54. The number of nitrogens with one attached hydrogen (secondary N) is 1. The molecule has 0 aliphatic rings. The molecular formula is C14H18Cl2N4O. The first-order valence-corrected chi connectivity index (χ1v) is 7.21. The highest BCUT2D eigenvalue weighted by molar-refractivity contribution is 6.37. The van der Waals surface area contributed by atoms with E-state index in [1.54, 1.807) is 0 Å². The molecule has 5 nitrogen and oxygen atoms in total. The summed E-state index contributed by atoms with van der Waals surface area (Å²) in [5.41, 5.74) is 6.48. The molecule has 3 N–H and O–H groups in total. The zero-order valence-electron chi connectivity index (χ0n) is 12.0. The number of halogens is 2. The van der Waals surface area contributed by atoms with Gasteiger partial charge in [-0.2, -0.15) is 5.26 Å². The topological polar surface area (TPSA) is 82.2 Å². The van der Waals surface area contributed by atoms with E-state index in [-0.39, 0.29) is 18.2 Å². The molecule has 0 heterocycles. The lowest BCUT2D eigenvalue weighted by Gasteiger charge is -2.17. The molecule has 21 heavy (non-hydrogen) atoms. The molecule has 114 valence electrons. The predicted octanol–water partition coefficient (Wildman–Crippen LogP) is 3.00. The number of nitrogens with zero attached hydrogens (tertiary/aromatic N) is 2. The number of carbonyl (C=O) groups is 1. The van der Waals surface area contributed by atoms with Crippen molar-refractivity contribution in [3.8, 4) is 6.07 Å². The number of hydrogen-bond acceptors (Lipinski definition) is 4. The van der Waals surface area contributed by atoms with E-state index >= 15 is 0 Å². The average Bonchev–Trinajstić information content (AvgIpc) is 2.40. The van der Waals surface area contributed by atoms with E-state index in [0.29, 0.717) is 34.5 Å². The van der Waals surface area contributed by atoms with E-state index in [1.165, 1.54) is 12.1 Å². The van der Waals surface area contributed by atoms with Gasteiger partial charge in [-0.05, 0) is 26.1 Å². The molecule has 1 unspecified atom stereocenters. The van der Waals surface area contributed by atoms with Gasteiger partial charge in [0.1, 0.15) is 0 Å². The molecule has 0 bridgehead atoms. The van der Waals surface area contributed by atoms with Crippen molar-refractivity contribution in [3.63, 3.8) is 0 Å². The minimum atomic E-state index is -0.192. The summed E-state index contributed by atoms with van der Waals surface area (Å²) in [6.07, 6.45) is 0.285. The average molecular weight is 329 g/mol. The fourth-order valence-corrected chi connectivity index (χ4v) is 2.38. The summed E-state index contributed by atoms with van der Waals surface area (Å²) in [6.45, 7) is 3.00. The fraction of sp³-hybridized carbons (Fsp3) is 0.429. The van der Waals surface area contributed by atoms with Crippen molar-refractivity contribution < 1.29 is 4.79 Å². The van der Waals surface area contributed by atoms with Gasteiger partial charge in [-0.3, -0.25) is 4.79 Å². The SMILES string of the molecule is CC(C#N)CN(C)CCC(=O)Nc1c(N)cc(Cl)cc1Cl. The van der Waals surface area contributed by atoms with Crippen LogP contribution in [0.15, 0.2) is 12.1 Å². The fourth-order valence-electron chi connectivity index (χ4n) is 1.82. The van der Waals surface area contributed by atoms with Crippen molar-refractivity contribution >= 4 is 40.5 Å². The summed E-state index contributed by atoms with van der Waals surface area (Å²) in [4.78, 5) is 13.8. The van der Waals surface area contributed by atoms with Crippen molar-refractivity contribution in [1.82, 2.24) is 4.90 Å². The number of anilines is 2. The molecule has 0 spiro atoms. The Morgan fingerprint density at radius 2 is 2.19 bits per heavy atom. The van der Waals surface area contributed by atoms with E-state index in [4.69, 9.17) is 34.2 Å². The Labute approximate surface area is 134 Å². The Kier molecular flexibility index (Phi) is 6.76. The molecule has 1 aromatic rings. The van der Waals surface area contributed by atoms with Crippen molar-refractivity contribution in [3.05, 3.63) is 22.2 Å². The molecule has 0 aliphatic heterocycles. The van der Waals surface area contributed by atoms with Crippen LogP contribution in [0.2, 0.25) is 10.0 Å². The number of benzene rings is 1. The maximum atomic E-state index is 11.9. The maximum Gasteiger partial charge on any atom is 0.225 e. The van der Waals surface area contributed by atoms with Crippen molar-refractivity contribution in [2.24, 2.45) is 5.92 Å². The molecule has 1 amide bonds. The third-order valence-corrected chi connectivity index (χ3v) is 3.39. The second-order valence-electron chi connectivity index (χ2n) is 4.94. The standard InChI is InChI=1S/C14H18Cl2N4O/c1-9(7-17)8-20(2)4-3-13(21)19-14-11(16)5-10(15)6-12(14)18/h5-6,9H,3-4,8,18H2,1-2H3,(H,19,21). The van der Waals surface area contributed by atoms with Gasteiger partial charge >= 0.3 is 0 Å². The number of rotatable bonds is 6. The molecule has 0 aromatic heterocycles. The second kappa shape index (κ2) is 8.08. The van der Waals surface area contributed by atoms with Crippen molar-refractivity contribution in [2.45, 2.75) is 13.3 Å². The molecule has 0 radical (unpaired) electrons. The van der Waals surface area contributed by atoms with Crippen molar-refractivity contribution in [1.29, 1.82) is 5.26 Å². The molecule has 1 atom stereocenters. The Morgan fingerprint density at radius 3 is 2.76 bits per heavy atom. The molecule has 0 saturated carbocycles. The van der Waals surface area contributed by atoms with E-state index in [2.05, 4.69) is 11.4 Å². The number of nitrogen functional groups attached to an aromatic ring is 1. The lowest BCUT2D eigenvalue weighted by molar-refractivity contribution is -0.116.